The molecule has 136 valence electrons. The molecule has 3 heterocycles. The smallest absolute Gasteiger partial charge is 0.242 e. The minimum Gasteiger partial charge on any atom is -0.392 e. The number of imidazole rings is 1. The normalized spacial score (nSPS) is 15.1. The van der Waals surface area contributed by atoms with Crippen LogP contribution in [-0.4, -0.2) is 44.7 Å². The molecule has 1 atom stereocenters. The van der Waals surface area contributed by atoms with Gasteiger partial charge < -0.3 is 19.9 Å². The molecule has 7 heteroatoms. The number of fused-ring (bicyclic) bond motifs is 2. The number of carbonyl (C=O) groups is 1. The molecule has 3 aromatic rings. The number of para-hydroxylation sites is 2. The summed E-state index contributed by atoms with van der Waals surface area (Å²) in [6.07, 6.45) is 0.439. The van der Waals surface area contributed by atoms with Crippen LogP contribution in [0.5, 0.6) is 0 Å². The average molecular weight is 370 g/mol. The number of carbonyl (C=O) groups excluding carboxylic acids is 1. The fourth-order valence-electron chi connectivity index (χ4n) is 3.31. The van der Waals surface area contributed by atoms with Gasteiger partial charge in [-0.05, 0) is 42.5 Å². The molecule has 26 heavy (non-hydrogen) atoms. The third kappa shape index (κ3) is 3.32. The van der Waals surface area contributed by atoms with Gasteiger partial charge in [-0.1, -0.05) is 12.1 Å². The summed E-state index contributed by atoms with van der Waals surface area (Å²) < 4.78 is 1.91. The molecule has 1 aliphatic heterocycles. The molecular weight excluding hydrogens is 348 g/mol. The number of rotatable bonds is 5. The first-order chi connectivity index (χ1) is 12.6. The van der Waals surface area contributed by atoms with Crippen molar-refractivity contribution in [2.75, 3.05) is 18.4 Å². The van der Waals surface area contributed by atoms with Gasteiger partial charge in [0.1, 0.15) is 6.54 Å². The minimum absolute atomic E-state index is 0.0881. The van der Waals surface area contributed by atoms with Crippen molar-refractivity contribution in [3.05, 3.63) is 46.2 Å². The number of aromatic nitrogens is 2. The van der Waals surface area contributed by atoms with E-state index in [4.69, 9.17) is 0 Å². The maximum absolute atomic E-state index is 12.9. The van der Waals surface area contributed by atoms with Gasteiger partial charge in [-0.3, -0.25) is 4.79 Å². The first-order valence-electron chi connectivity index (χ1n) is 8.82. The lowest BCUT2D eigenvalue weighted by molar-refractivity contribution is -0.132. The predicted octanol–water partition coefficient (Wildman–Crippen LogP) is 2.48. The van der Waals surface area contributed by atoms with Gasteiger partial charge in [0.2, 0.25) is 11.9 Å². The number of thiophene rings is 1. The quantitative estimate of drug-likeness (QED) is 0.724. The first kappa shape index (κ1) is 17.1. The second-order valence-electron chi connectivity index (χ2n) is 6.67. The standard InChI is InChI=1S/C19H22N4O2S/c1-13(24)10-20-19-21-15-4-2-3-5-16(15)23(19)12-18(25)22-8-6-17-14(11-22)7-9-26-17/h2-5,7,9,13,24H,6,8,10-12H2,1H3,(H,20,21). The predicted molar refractivity (Wildman–Crippen MR) is 103 cm³/mol. The van der Waals surface area contributed by atoms with Gasteiger partial charge in [-0.2, -0.15) is 0 Å². The van der Waals surface area contributed by atoms with Gasteiger partial charge in [-0.15, -0.1) is 11.3 Å². The lowest BCUT2D eigenvalue weighted by atomic mass is 10.1. The van der Waals surface area contributed by atoms with E-state index in [1.807, 2.05) is 33.7 Å². The summed E-state index contributed by atoms with van der Waals surface area (Å²) >= 11 is 1.77. The van der Waals surface area contributed by atoms with Crippen LogP contribution in [0.1, 0.15) is 17.4 Å². The minimum atomic E-state index is -0.488. The highest BCUT2D eigenvalue weighted by atomic mass is 32.1. The van der Waals surface area contributed by atoms with E-state index in [2.05, 4.69) is 21.7 Å². The molecule has 0 radical (unpaired) electrons. The maximum Gasteiger partial charge on any atom is 0.242 e. The zero-order valence-corrected chi connectivity index (χ0v) is 15.5. The van der Waals surface area contributed by atoms with E-state index in [9.17, 15) is 9.90 Å². The lowest BCUT2D eigenvalue weighted by Gasteiger charge is -2.27. The first-order valence-corrected chi connectivity index (χ1v) is 9.70. The third-order valence-electron chi connectivity index (χ3n) is 4.66. The maximum atomic E-state index is 12.9. The molecule has 0 saturated carbocycles. The molecule has 4 rings (SSSR count). The Bertz CT molecular complexity index is 931. The van der Waals surface area contributed by atoms with Crippen LogP contribution in [0.3, 0.4) is 0 Å². The molecule has 2 N–H and O–H groups in total. The summed E-state index contributed by atoms with van der Waals surface area (Å²) in [4.78, 5) is 20.8. The van der Waals surface area contributed by atoms with Crippen LogP contribution in [0, 0.1) is 0 Å². The van der Waals surface area contributed by atoms with Crippen molar-refractivity contribution in [2.24, 2.45) is 0 Å². The van der Waals surface area contributed by atoms with Crippen LogP contribution < -0.4 is 5.32 Å². The molecule has 0 saturated heterocycles. The van der Waals surface area contributed by atoms with Crippen molar-refractivity contribution in [1.29, 1.82) is 0 Å². The molecular formula is C19H22N4O2S. The van der Waals surface area contributed by atoms with Gasteiger partial charge in [0.05, 0.1) is 17.1 Å². The van der Waals surface area contributed by atoms with Crippen LogP contribution in [0.4, 0.5) is 5.95 Å². The Morgan fingerprint density at radius 1 is 1.38 bits per heavy atom. The number of benzene rings is 1. The van der Waals surface area contributed by atoms with Gasteiger partial charge in [0.25, 0.3) is 0 Å². The highest BCUT2D eigenvalue weighted by Gasteiger charge is 2.23. The summed E-state index contributed by atoms with van der Waals surface area (Å²) in [6.45, 7) is 3.79. The van der Waals surface area contributed by atoms with Crippen molar-refractivity contribution in [3.8, 4) is 0 Å². The van der Waals surface area contributed by atoms with Gasteiger partial charge >= 0.3 is 0 Å². The van der Waals surface area contributed by atoms with Crippen LogP contribution in [0.2, 0.25) is 0 Å². The Labute approximate surface area is 156 Å². The highest BCUT2D eigenvalue weighted by molar-refractivity contribution is 7.10. The second kappa shape index (κ2) is 7.09. The molecule has 6 nitrogen and oxygen atoms in total. The van der Waals surface area contributed by atoms with Gasteiger partial charge in [-0.25, -0.2) is 4.98 Å². The molecule has 0 bridgehead atoms. The molecule has 1 aromatic carbocycles. The van der Waals surface area contributed by atoms with E-state index < -0.39 is 6.10 Å². The van der Waals surface area contributed by atoms with E-state index in [0.29, 0.717) is 19.0 Å². The Morgan fingerprint density at radius 2 is 2.23 bits per heavy atom. The Kier molecular flexibility index (Phi) is 4.65. The number of hydrogen-bond acceptors (Lipinski definition) is 5. The number of nitrogens with zero attached hydrogens (tertiary/aromatic N) is 3. The summed E-state index contributed by atoms with van der Waals surface area (Å²) in [5.41, 5.74) is 3.02. The van der Waals surface area contributed by atoms with E-state index in [1.54, 1.807) is 18.3 Å². The fourth-order valence-corrected chi connectivity index (χ4v) is 4.20. The van der Waals surface area contributed by atoms with Crippen molar-refractivity contribution >= 4 is 34.2 Å². The summed E-state index contributed by atoms with van der Waals surface area (Å²) in [5, 5.41) is 14.8. The van der Waals surface area contributed by atoms with E-state index in [-0.39, 0.29) is 12.5 Å². The monoisotopic (exact) mass is 370 g/mol. The van der Waals surface area contributed by atoms with Crippen molar-refractivity contribution < 1.29 is 9.90 Å². The summed E-state index contributed by atoms with van der Waals surface area (Å²) in [7, 11) is 0. The molecule has 0 aliphatic carbocycles. The molecule has 1 amide bonds. The van der Waals surface area contributed by atoms with E-state index >= 15 is 0 Å². The Balaban J connectivity index is 1.57. The topological polar surface area (TPSA) is 70.4 Å². The molecule has 1 unspecified atom stereocenters. The van der Waals surface area contributed by atoms with Crippen LogP contribution in [0.25, 0.3) is 11.0 Å². The number of hydrogen-bond donors (Lipinski definition) is 2. The highest BCUT2D eigenvalue weighted by Crippen LogP contribution is 2.25. The van der Waals surface area contributed by atoms with Gasteiger partial charge in [0, 0.05) is 24.5 Å². The second-order valence-corrected chi connectivity index (χ2v) is 7.68. The molecule has 0 spiro atoms. The molecule has 1 aliphatic rings. The van der Waals surface area contributed by atoms with Crippen LogP contribution in [0.15, 0.2) is 35.7 Å². The number of aliphatic hydroxyl groups is 1. The van der Waals surface area contributed by atoms with Crippen molar-refractivity contribution in [1.82, 2.24) is 14.5 Å². The molecule has 2 aromatic heterocycles. The SMILES string of the molecule is CC(O)CNc1nc2ccccc2n1CC(=O)N1CCc2sccc2C1. The number of aliphatic hydroxyl groups excluding tert-OH is 1. The number of anilines is 1. The zero-order chi connectivity index (χ0) is 18.1. The summed E-state index contributed by atoms with van der Waals surface area (Å²) in [5.74, 6) is 0.707. The third-order valence-corrected chi connectivity index (χ3v) is 5.69. The Morgan fingerprint density at radius 3 is 3.08 bits per heavy atom. The average Bonchev–Trinajstić information content (AvgIpc) is 3.24. The van der Waals surface area contributed by atoms with E-state index in [1.165, 1.54) is 10.4 Å². The van der Waals surface area contributed by atoms with E-state index in [0.717, 1.165) is 24.0 Å². The zero-order valence-electron chi connectivity index (χ0n) is 14.7. The largest absolute Gasteiger partial charge is 0.392 e. The molecule has 0 fully saturated rings. The summed E-state index contributed by atoms with van der Waals surface area (Å²) in [6, 6.07) is 9.89. The van der Waals surface area contributed by atoms with Gasteiger partial charge in [0.15, 0.2) is 0 Å². The number of nitrogens with one attached hydrogen (secondary N) is 1. The van der Waals surface area contributed by atoms with Crippen molar-refractivity contribution in [3.63, 3.8) is 0 Å². The van der Waals surface area contributed by atoms with Crippen LogP contribution in [-0.2, 0) is 24.3 Å². The van der Waals surface area contributed by atoms with Crippen LogP contribution >= 0.6 is 11.3 Å². The number of amides is 1. The lowest BCUT2D eigenvalue weighted by Crippen LogP contribution is -2.37. The Hall–Kier alpha value is -2.38. The van der Waals surface area contributed by atoms with Crippen molar-refractivity contribution in [2.45, 2.75) is 32.5 Å². The fraction of sp³-hybridized carbons (Fsp3) is 0.368.